The Bertz CT molecular complexity index is 2750. The van der Waals surface area contributed by atoms with Crippen LogP contribution < -0.4 is 9.80 Å². The van der Waals surface area contributed by atoms with Crippen molar-refractivity contribution in [3.8, 4) is 22.3 Å². The molecule has 0 aliphatic carbocycles. The van der Waals surface area contributed by atoms with Gasteiger partial charge in [-0.3, -0.25) is 0 Å². The molecule has 0 N–H and O–H groups in total. The summed E-state index contributed by atoms with van der Waals surface area (Å²) < 4.78 is 0. The first-order chi connectivity index (χ1) is 29.0. The maximum atomic E-state index is 2.40. The van der Waals surface area contributed by atoms with Gasteiger partial charge in [-0.05, 0) is 194 Å². The Balaban J connectivity index is 1.01. The van der Waals surface area contributed by atoms with E-state index in [1.165, 1.54) is 111 Å². The fourth-order valence-electron chi connectivity index (χ4n) is 9.00. The highest BCUT2D eigenvalue weighted by atomic mass is 15.2. The lowest BCUT2D eigenvalue weighted by molar-refractivity contribution is 1.21. The summed E-state index contributed by atoms with van der Waals surface area (Å²) in [5.41, 5.74) is 22.0. The lowest BCUT2D eigenvalue weighted by Gasteiger charge is -2.29. The molecule has 294 valence electrons. The molecule has 9 aromatic rings. The quantitative estimate of drug-likeness (QED) is 0.142. The van der Waals surface area contributed by atoms with E-state index in [-0.39, 0.29) is 0 Å². The number of hydrogen-bond donors (Lipinski definition) is 0. The van der Waals surface area contributed by atoms with E-state index in [2.05, 4.69) is 235 Å². The predicted octanol–water partition coefficient (Wildman–Crippen LogP) is 16.7. The lowest BCUT2D eigenvalue weighted by atomic mass is 9.96. The topological polar surface area (TPSA) is 6.48 Å². The van der Waals surface area contributed by atoms with Crippen LogP contribution >= 0.6 is 0 Å². The molecule has 0 saturated carbocycles. The third-order valence-corrected chi connectivity index (χ3v) is 12.1. The fourth-order valence-corrected chi connectivity index (χ4v) is 9.00. The Kier molecular flexibility index (Phi) is 10.1. The molecule has 0 radical (unpaired) electrons. The van der Waals surface area contributed by atoms with Crippen molar-refractivity contribution in [2.24, 2.45) is 0 Å². The van der Waals surface area contributed by atoms with Gasteiger partial charge in [0.25, 0.3) is 0 Å². The first kappa shape index (κ1) is 38.6. The average Bonchev–Trinajstić information content (AvgIpc) is 3.23. The van der Waals surface area contributed by atoms with Crippen molar-refractivity contribution in [2.45, 2.75) is 55.4 Å². The third kappa shape index (κ3) is 7.46. The standard InChI is InChI=1S/C58H52N2/c1-37-9-25-55(41(5)29-37)59(56-26-10-38(2)30-42(56)6)53-21-17-45(18-22-53)47-13-15-49-36-52-34-48(14-16-50(52)35-51(49)33-47)46-19-23-54(24-20-46)60(57-27-11-39(3)31-43(57)7)58-28-12-40(4)32-44(58)8/h9-36H,1-8H3. The van der Waals surface area contributed by atoms with E-state index in [1.807, 2.05) is 0 Å². The minimum Gasteiger partial charge on any atom is -0.310 e. The second-order valence-corrected chi connectivity index (χ2v) is 16.9. The van der Waals surface area contributed by atoms with E-state index < -0.39 is 0 Å². The molecule has 0 atom stereocenters. The van der Waals surface area contributed by atoms with Gasteiger partial charge in [-0.2, -0.15) is 0 Å². The van der Waals surface area contributed by atoms with Crippen LogP contribution in [0.25, 0.3) is 43.8 Å². The van der Waals surface area contributed by atoms with Gasteiger partial charge in [0.1, 0.15) is 0 Å². The minimum absolute atomic E-state index is 1.15. The molecule has 0 spiro atoms. The summed E-state index contributed by atoms with van der Waals surface area (Å²) in [6.45, 7) is 17.5. The van der Waals surface area contributed by atoms with Crippen molar-refractivity contribution >= 4 is 55.7 Å². The van der Waals surface area contributed by atoms with Gasteiger partial charge in [-0.25, -0.2) is 0 Å². The highest BCUT2D eigenvalue weighted by molar-refractivity contribution is 6.01. The molecule has 2 nitrogen and oxygen atoms in total. The monoisotopic (exact) mass is 776 g/mol. The van der Waals surface area contributed by atoms with Crippen LogP contribution in [0, 0.1) is 55.4 Å². The molecular formula is C58H52N2. The van der Waals surface area contributed by atoms with Crippen molar-refractivity contribution in [2.75, 3.05) is 9.80 Å². The van der Waals surface area contributed by atoms with Gasteiger partial charge in [0.15, 0.2) is 0 Å². The molecule has 0 fully saturated rings. The highest BCUT2D eigenvalue weighted by Gasteiger charge is 2.19. The number of anilines is 6. The van der Waals surface area contributed by atoms with Crippen LogP contribution in [0.2, 0.25) is 0 Å². The summed E-state index contributed by atoms with van der Waals surface area (Å²) in [7, 11) is 0. The van der Waals surface area contributed by atoms with Crippen LogP contribution in [-0.4, -0.2) is 0 Å². The molecule has 60 heavy (non-hydrogen) atoms. The van der Waals surface area contributed by atoms with Gasteiger partial charge in [0.05, 0.1) is 0 Å². The van der Waals surface area contributed by atoms with Crippen molar-refractivity contribution in [3.05, 3.63) is 214 Å². The summed E-state index contributed by atoms with van der Waals surface area (Å²) in [4.78, 5) is 4.80. The molecule has 0 saturated heterocycles. The van der Waals surface area contributed by atoms with Gasteiger partial charge < -0.3 is 9.80 Å². The predicted molar refractivity (Wildman–Crippen MR) is 260 cm³/mol. The van der Waals surface area contributed by atoms with E-state index in [0.717, 1.165) is 11.4 Å². The third-order valence-electron chi connectivity index (χ3n) is 12.1. The van der Waals surface area contributed by atoms with Crippen molar-refractivity contribution < 1.29 is 0 Å². The molecule has 0 aliphatic heterocycles. The molecule has 9 rings (SSSR count). The minimum atomic E-state index is 1.15. The number of nitrogens with zero attached hydrogens (tertiary/aromatic N) is 2. The largest absolute Gasteiger partial charge is 0.310 e. The van der Waals surface area contributed by atoms with E-state index in [1.54, 1.807) is 0 Å². The van der Waals surface area contributed by atoms with Crippen LogP contribution in [0.3, 0.4) is 0 Å². The maximum Gasteiger partial charge on any atom is 0.0491 e. The van der Waals surface area contributed by atoms with Crippen LogP contribution in [0.1, 0.15) is 44.5 Å². The van der Waals surface area contributed by atoms with Crippen molar-refractivity contribution in [1.29, 1.82) is 0 Å². The maximum absolute atomic E-state index is 2.40. The number of benzene rings is 9. The number of hydrogen-bond acceptors (Lipinski definition) is 2. The van der Waals surface area contributed by atoms with Gasteiger partial charge in [0, 0.05) is 34.1 Å². The first-order valence-corrected chi connectivity index (χ1v) is 21.1. The van der Waals surface area contributed by atoms with Gasteiger partial charge in [-0.15, -0.1) is 0 Å². The molecule has 0 bridgehead atoms. The average molecular weight is 777 g/mol. The van der Waals surface area contributed by atoms with E-state index in [0.29, 0.717) is 0 Å². The summed E-state index contributed by atoms with van der Waals surface area (Å²) in [6.07, 6.45) is 0. The Morgan fingerprint density at radius 1 is 0.233 bits per heavy atom. The van der Waals surface area contributed by atoms with Crippen LogP contribution in [0.15, 0.2) is 170 Å². The molecule has 0 unspecified atom stereocenters. The van der Waals surface area contributed by atoms with Gasteiger partial charge in [-0.1, -0.05) is 119 Å². The van der Waals surface area contributed by atoms with Gasteiger partial charge >= 0.3 is 0 Å². The SMILES string of the molecule is Cc1ccc(N(c2ccc(-c3ccc4cc5cc(-c6ccc(N(c7ccc(C)cc7C)c7ccc(C)cc7C)cc6)ccc5cc4c3)cc2)c2ccc(C)cc2C)c(C)c1. The summed E-state index contributed by atoms with van der Waals surface area (Å²) in [5, 5.41) is 4.96. The summed E-state index contributed by atoms with van der Waals surface area (Å²) >= 11 is 0. The van der Waals surface area contributed by atoms with E-state index >= 15 is 0 Å². The number of fused-ring (bicyclic) bond motifs is 2. The zero-order valence-electron chi connectivity index (χ0n) is 36.1. The molecule has 0 aliphatic rings. The normalized spacial score (nSPS) is 11.3. The molecule has 0 amide bonds. The Morgan fingerprint density at radius 3 is 0.800 bits per heavy atom. The van der Waals surface area contributed by atoms with Crippen LogP contribution in [-0.2, 0) is 0 Å². The lowest BCUT2D eigenvalue weighted by Crippen LogP contribution is -2.12. The van der Waals surface area contributed by atoms with Crippen molar-refractivity contribution in [1.82, 2.24) is 0 Å². The second kappa shape index (κ2) is 15.7. The first-order valence-electron chi connectivity index (χ1n) is 21.1. The zero-order valence-corrected chi connectivity index (χ0v) is 36.1. The number of rotatable bonds is 8. The smallest absolute Gasteiger partial charge is 0.0491 e. The molecular weight excluding hydrogens is 725 g/mol. The van der Waals surface area contributed by atoms with Crippen molar-refractivity contribution in [3.63, 3.8) is 0 Å². The molecule has 0 aromatic heterocycles. The fraction of sp³-hybridized carbons (Fsp3) is 0.138. The van der Waals surface area contributed by atoms with E-state index in [9.17, 15) is 0 Å². The zero-order chi connectivity index (χ0) is 41.7. The van der Waals surface area contributed by atoms with E-state index in [4.69, 9.17) is 0 Å². The van der Waals surface area contributed by atoms with Crippen LogP contribution in [0.4, 0.5) is 34.1 Å². The number of aryl methyl sites for hydroxylation is 8. The van der Waals surface area contributed by atoms with Gasteiger partial charge in [0.2, 0.25) is 0 Å². The molecule has 2 heteroatoms. The second-order valence-electron chi connectivity index (χ2n) is 16.9. The molecule has 9 aromatic carbocycles. The Hall–Kier alpha value is -6.90. The molecule has 0 heterocycles. The van der Waals surface area contributed by atoms with Crippen LogP contribution in [0.5, 0.6) is 0 Å². The Morgan fingerprint density at radius 2 is 0.517 bits per heavy atom. The Labute approximate surface area is 356 Å². The summed E-state index contributed by atoms with van der Waals surface area (Å²) in [5.74, 6) is 0. The summed E-state index contributed by atoms with van der Waals surface area (Å²) in [6, 6.07) is 63.4. The highest BCUT2D eigenvalue weighted by Crippen LogP contribution is 2.42.